The molecule has 0 radical (unpaired) electrons. The number of likely N-dealkylation sites (tertiary alicyclic amines) is 1. The average Bonchev–Trinajstić information content (AvgIpc) is 3.24. The summed E-state index contributed by atoms with van der Waals surface area (Å²) in [6.45, 7) is 1.11. The molecule has 0 bridgehead atoms. The maximum absolute atomic E-state index is 13.2. The number of nitrogens with zero attached hydrogens (tertiary/aromatic N) is 2. The third kappa shape index (κ3) is 6.39. The molecule has 13 heteroatoms. The Kier molecular flexibility index (Phi) is 7.74. The highest BCUT2D eigenvalue weighted by atomic mass is 19.4. The van der Waals surface area contributed by atoms with Crippen LogP contribution in [0.15, 0.2) is 24.4 Å². The fourth-order valence-corrected chi connectivity index (χ4v) is 4.28. The molecule has 1 aliphatic carbocycles. The Balaban J connectivity index is 0.000000406. The van der Waals surface area contributed by atoms with Crippen LogP contribution in [0.3, 0.4) is 0 Å². The highest BCUT2D eigenvalue weighted by Crippen LogP contribution is 2.44. The number of alkyl halides is 5. The molecule has 3 atom stereocenters. The predicted octanol–water partition coefficient (Wildman–Crippen LogP) is 2.38. The Morgan fingerprint density at radius 3 is 2.44 bits per heavy atom. The average molecular weight is 493 g/mol. The summed E-state index contributed by atoms with van der Waals surface area (Å²) in [4.78, 5) is 40.1. The van der Waals surface area contributed by atoms with Crippen molar-refractivity contribution < 1.29 is 46.2 Å². The molecule has 3 heterocycles. The van der Waals surface area contributed by atoms with E-state index in [1.54, 1.807) is 17.2 Å². The Bertz CT molecular complexity index is 891. The molecule has 1 saturated carbocycles. The van der Waals surface area contributed by atoms with E-state index in [9.17, 15) is 31.5 Å². The number of aliphatic carboxylic acids is 1. The summed E-state index contributed by atoms with van der Waals surface area (Å²) in [6.07, 6.45) is -3.17. The maximum Gasteiger partial charge on any atom is 0.490 e. The fourth-order valence-electron chi connectivity index (χ4n) is 4.28. The number of pyridine rings is 1. The van der Waals surface area contributed by atoms with Crippen molar-refractivity contribution in [3.8, 4) is 0 Å². The van der Waals surface area contributed by atoms with Crippen molar-refractivity contribution in [2.75, 3.05) is 13.2 Å². The van der Waals surface area contributed by atoms with Gasteiger partial charge in [-0.15, -0.1) is 0 Å². The summed E-state index contributed by atoms with van der Waals surface area (Å²) in [7, 11) is 0. The maximum atomic E-state index is 13.2. The number of amides is 2. The third-order valence-corrected chi connectivity index (χ3v) is 6.01. The van der Waals surface area contributed by atoms with Gasteiger partial charge in [-0.25, -0.2) is 13.6 Å². The number of aromatic nitrogens is 1. The summed E-state index contributed by atoms with van der Waals surface area (Å²) in [5, 5.41) is 9.99. The van der Waals surface area contributed by atoms with Crippen LogP contribution in [0.4, 0.5) is 22.0 Å². The number of fused-ring (bicyclic) bond motifs is 1. The molecule has 2 aliphatic heterocycles. The van der Waals surface area contributed by atoms with Crippen LogP contribution in [0.1, 0.15) is 31.4 Å². The molecule has 4 rings (SSSR count). The quantitative estimate of drug-likeness (QED) is 0.624. The second-order valence-electron chi connectivity index (χ2n) is 8.49. The third-order valence-electron chi connectivity index (χ3n) is 6.01. The van der Waals surface area contributed by atoms with Crippen molar-refractivity contribution in [2.24, 2.45) is 11.8 Å². The molecule has 8 nitrogen and oxygen atoms in total. The highest BCUT2D eigenvalue weighted by molar-refractivity contribution is 5.83. The van der Waals surface area contributed by atoms with Crippen molar-refractivity contribution >= 4 is 17.8 Å². The van der Waals surface area contributed by atoms with Crippen LogP contribution in [0, 0.1) is 11.8 Å². The monoisotopic (exact) mass is 493 g/mol. The lowest BCUT2D eigenvalue weighted by Gasteiger charge is -2.44. The number of carboxylic acid groups (broad SMARTS) is 1. The van der Waals surface area contributed by atoms with E-state index in [1.165, 1.54) is 0 Å². The molecular formula is C21H24F5N3O5. The normalized spacial score (nSPS) is 25.9. The van der Waals surface area contributed by atoms with Gasteiger partial charge in [0.25, 0.3) is 0 Å². The van der Waals surface area contributed by atoms with Crippen LogP contribution in [-0.4, -0.2) is 70.2 Å². The minimum Gasteiger partial charge on any atom is -0.475 e. The molecular weight excluding hydrogens is 469 g/mol. The molecule has 3 fully saturated rings. The molecule has 2 N–H and O–H groups in total. The smallest absolute Gasteiger partial charge is 0.475 e. The topological polar surface area (TPSA) is 109 Å². The molecule has 0 aromatic carbocycles. The van der Waals surface area contributed by atoms with E-state index in [2.05, 4.69) is 10.3 Å². The second kappa shape index (κ2) is 10.2. The number of carbonyl (C=O) groups excluding carboxylic acids is 2. The van der Waals surface area contributed by atoms with Gasteiger partial charge in [-0.05, 0) is 25.0 Å². The van der Waals surface area contributed by atoms with Crippen LogP contribution in [-0.2, 0) is 25.7 Å². The summed E-state index contributed by atoms with van der Waals surface area (Å²) in [5.41, 5.74) is 0.751. The predicted molar refractivity (Wildman–Crippen MR) is 105 cm³/mol. The van der Waals surface area contributed by atoms with Gasteiger partial charge in [0, 0.05) is 38.1 Å². The summed E-state index contributed by atoms with van der Waals surface area (Å²) in [5.74, 6) is -6.96. The number of ether oxygens (including phenoxy) is 1. The number of carbonyl (C=O) groups is 3. The Hall–Kier alpha value is -2.83. The van der Waals surface area contributed by atoms with E-state index in [1.807, 2.05) is 12.1 Å². The van der Waals surface area contributed by atoms with E-state index in [0.717, 1.165) is 5.69 Å². The molecule has 34 heavy (non-hydrogen) atoms. The number of hydrogen-bond acceptors (Lipinski definition) is 5. The van der Waals surface area contributed by atoms with Gasteiger partial charge in [0.2, 0.25) is 17.7 Å². The molecule has 0 unspecified atom stereocenters. The lowest BCUT2D eigenvalue weighted by Crippen LogP contribution is -2.58. The first kappa shape index (κ1) is 25.8. The number of rotatable bonds is 4. The molecule has 3 aliphatic rings. The number of hydrogen-bond donors (Lipinski definition) is 2. The van der Waals surface area contributed by atoms with Gasteiger partial charge >= 0.3 is 12.1 Å². The Labute approximate surface area is 191 Å². The lowest BCUT2D eigenvalue weighted by molar-refractivity contribution is -0.192. The van der Waals surface area contributed by atoms with Crippen LogP contribution in [0.25, 0.3) is 0 Å². The van der Waals surface area contributed by atoms with Gasteiger partial charge in [0.15, 0.2) is 0 Å². The van der Waals surface area contributed by atoms with Crippen molar-refractivity contribution in [1.29, 1.82) is 0 Å². The van der Waals surface area contributed by atoms with Crippen LogP contribution >= 0.6 is 0 Å². The van der Waals surface area contributed by atoms with E-state index in [4.69, 9.17) is 14.6 Å². The minimum atomic E-state index is -5.08. The molecule has 1 aromatic rings. The van der Waals surface area contributed by atoms with Crippen molar-refractivity contribution in [2.45, 2.75) is 56.5 Å². The fraction of sp³-hybridized carbons (Fsp3) is 0.619. The second-order valence-corrected chi connectivity index (χ2v) is 8.49. The first-order chi connectivity index (χ1) is 15.9. The van der Waals surface area contributed by atoms with E-state index >= 15 is 0 Å². The lowest BCUT2D eigenvalue weighted by atomic mass is 9.79. The summed E-state index contributed by atoms with van der Waals surface area (Å²) < 4.78 is 63.8. The largest absolute Gasteiger partial charge is 0.490 e. The van der Waals surface area contributed by atoms with Gasteiger partial charge < -0.3 is 20.1 Å². The summed E-state index contributed by atoms with van der Waals surface area (Å²) in [6, 6.07) is 5.37. The molecule has 0 spiro atoms. The molecule has 2 saturated heterocycles. The van der Waals surface area contributed by atoms with Crippen LogP contribution < -0.4 is 5.32 Å². The standard InChI is InChI=1S/C19H23F2N3O3.C2HF3O2/c20-19(21)8-13(9-19)18(26)24-11-12(7-16-15(24)4-6-27-16)17(25)23-10-14-3-1-2-5-22-14;3-2(4,5)1(6)7/h1-3,5,12-13,15-16H,4,6-11H2,(H,23,25);(H,6,7)/t12-,15-,16-;/m1./s1. The number of piperidine rings is 1. The summed E-state index contributed by atoms with van der Waals surface area (Å²) >= 11 is 0. The first-order valence-electron chi connectivity index (χ1n) is 10.6. The Morgan fingerprint density at radius 1 is 1.21 bits per heavy atom. The van der Waals surface area contributed by atoms with Crippen LogP contribution in [0.2, 0.25) is 0 Å². The molecule has 188 valence electrons. The van der Waals surface area contributed by atoms with E-state index in [0.29, 0.717) is 26.0 Å². The van der Waals surface area contributed by atoms with E-state index < -0.39 is 42.7 Å². The van der Waals surface area contributed by atoms with Gasteiger partial charge in [0.05, 0.1) is 30.3 Å². The van der Waals surface area contributed by atoms with Crippen molar-refractivity contribution in [3.63, 3.8) is 0 Å². The molecule has 2 amide bonds. The van der Waals surface area contributed by atoms with E-state index in [-0.39, 0.29) is 30.5 Å². The van der Waals surface area contributed by atoms with Crippen molar-refractivity contribution in [3.05, 3.63) is 30.1 Å². The zero-order valence-electron chi connectivity index (χ0n) is 17.9. The number of halogens is 5. The minimum absolute atomic E-state index is 0.105. The highest BCUT2D eigenvalue weighted by Gasteiger charge is 2.53. The van der Waals surface area contributed by atoms with Crippen molar-refractivity contribution in [1.82, 2.24) is 15.2 Å². The molecule has 1 aromatic heterocycles. The number of carboxylic acids is 1. The van der Waals surface area contributed by atoms with Gasteiger partial charge in [-0.1, -0.05) is 6.07 Å². The van der Waals surface area contributed by atoms with Crippen LogP contribution in [0.5, 0.6) is 0 Å². The van der Waals surface area contributed by atoms with Gasteiger partial charge in [-0.3, -0.25) is 14.6 Å². The first-order valence-corrected chi connectivity index (χ1v) is 10.6. The SMILES string of the molecule is O=C(NCc1ccccn1)[C@@H]1C[C@H]2OCC[C@H]2N(C(=O)C2CC(F)(F)C2)C1.O=C(O)C(F)(F)F. The number of nitrogens with one attached hydrogen (secondary N) is 1. The zero-order valence-corrected chi connectivity index (χ0v) is 17.9. The Morgan fingerprint density at radius 2 is 1.88 bits per heavy atom. The van der Waals surface area contributed by atoms with Gasteiger partial charge in [-0.2, -0.15) is 13.2 Å². The van der Waals surface area contributed by atoms with Gasteiger partial charge in [0.1, 0.15) is 0 Å². The zero-order chi connectivity index (χ0) is 25.1.